The third-order valence-electron chi connectivity index (χ3n) is 4.31. The molecule has 0 saturated heterocycles. The first-order chi connectivity index (χ1) is 11.0. The maximum atomic E-state index is 4.69. The lowest BCUT2D eigenvalue weighted by molar-refractivity contribution is 0.406. The van der Waals surface area contributed by atoms with Gasteiger partial charge in [0.25, 0.3) is 0 Å². The number of nitrogens with zero attached hydrogens (tertiary/aromatic N) is 3. The van der Waals surface area contributed by atoms with Gasteiger partial charge in [0.15, 0.2) is 0 Å². The molecule has 0 radical (unpaired) electrons. The number of hydrogen-bond acceptors (Lipinski definition) is 2. The van der Waals surface area contributed by atoms with Crippen LogP contribution in [0.1, 0.15) is 52.9 Å². The summed E-state index contributed by atoms with van der Waals surface area (Å²) < 4.78 is 2.20. The average Bonchev–Trinajstić information content (AvgIpc) is 2.68. The lowest BCUT2D eigenvalue weighted by atomic mass is 9.89. The van der Waals surface area contributed by atoms with Gasteiger partial charge in [0.05, 0.1) is 23.4 Å². The predicted octanol–water partition coefficient (Wildman–Crippen LogP) is 5.30. The maximum absolute atomic E-state index is 4.69. The van der Waals surface area contributed by atoms with Crippen LogP contribution >= 0.6 is 0 Å². The summed E-state index contributed by atoms with van der Waals surface area (Å²) in [5.74, 6) is 0. The van der Waals surface area contributed by atoms with Crippen LogP contribution in [0.15, 0.2) is 24.5 Å². The maximum Gasteiger partial charge on any atom is 0.0675 e. The number of aryl methyl sites for hydroxylation is 1. The van der Waals surface area contributed by atoms with E-state index in [9.17, 15) is 0 Å². The lowest BCUT2D eigenvalue weighted by Crippen LogP contribution is -2.10. The van der Waals surface area contributed by atoms with E-state index in [1.807, 2.05) is 12.4 Å². The molecule has 3 heterocycles. The molecule has 3 heteroatoms. The van der Waals surface area contributed by atoms with Crippen molar-refractivity contribution in [2.75, 3.05) is 0 Å². The van der Waals surface area contributed by atoms with Crippen molar-refractivity contribution in [3.05, 3.63) is 35.9 Å². The Morgan fingerprint density at radius 3 is 1.46 bits per heavy atom. The van der Waals surface area contributed by atoms with Crippen molar-refractivity contribution in [1.29, 1.82) is 0 Å². The van der Waals surface area contributed by atoms with E-state index in [-0.39, 0.29) is 10.8 Å². The summed E-state index contributed by atoms with van der Waals surface area (Å²) >= 11 is 0. The minimum Gasteiger partial charge on any atom is -0.341 e. The Hall–Kier alpha value is -1.90. The molecule has 0 atom stereocenters. The molecule has 0 spiro atoms. The second-order valence-electron chi connectivity index (χ2n) is 9.42. The van der Waals surface area contributed by atoms with Crippen LogP contribution in [0.2, 0.25) is 0 Å². The molecule has 3 aromatic heterocycles. The highest BCUT2D eigenvalue weighted by Crippen LogP contribution is 2.31. The molecule has 0 aliphatic rings. The minimum absolute atomic E-state index is 0.240. The van der Waals surface area contributed by atoms with Gasteiger partial charge in [0, 0.05) is 29.2 Å². The van der Waals surface area contributed by atoms with Crippen molar-refractivity contribution in [3.63, 3.8) is 0 Å². The summed E-state index contributed by atoms with van der Waals surface area (Å²) in [4.78, 5) is 9.38. The first-order valence-electron chi connectivity index (χ1n) is 8.75. The second-order valence-corrected chi connectivity index (χ2v) is 9.42. The molecular weight excluding hydrogens is 294 g/mol. The normalized spacial score (nSPS) is 13.1. The Bertz CT molecular complexity index is 816. The third-order valence-corrected chi connectivity index (χ3v) is 4.31. The topological polar surface area (TPSA) is 30.7 Å². The van der Waals surface area contributed by atoms with Crippen molar-refractivity contribution in [3.8, 4) is 0 Å². The fraction of sp³-hybridized carbons (Fsp3) is 0.524. The van der Waals surface area contributed by atoms with Crippen LogP contribution in [0.3, 0.4) is 0 Å². The van der Waals surface area contributed by atoms with Gasteiger partial charge in [-0.15, -0.1) is 0 Å². The number of rotatable bonds is 2. The Balaban J connectivity index is 2.16. The van der Waals surface area contributed by atoms with Gasteiger partial charge >= 0.3 is 0 Å². The van der Waals surface area contributed by atoms with Gasteiger partial charge in [-0.25, -0.2) is 0 Å². The average molecular weight is 323 g/mol. The Labute approximate surface area is 145 Å². The molecule has 0 aliphatic carbocycles. The van der Waals surface area contributed by atoms with E-state index < -0.39 is 0 Å². The van der Waals surface area contributed by atoms with Gasteiger partial charge in [-0.3, -0.25) is 9.97 Å². The van der Waals surface area contributed by atoms with Crippen molar-refractivity contribution in [2.24, 2.45) is 17.9 Å². The molecule has 0 N–H and O–H groups in total. The summed E-state index contributed by atoms with van der Waals surface area (Å²) in [6.45, 7) is 13.5. The van der Waals surface area contributed by atoms with Crippen LogP contribution in [0, 0.1) is 10.8 Å². The van der Waals surface area contributed by atoms with Crippen molar-refractivity contribution in [1.82, 2.24) is 14.5 Å². The zero-order valence-electron chi connectivity index (χ0n) is 16.1. The Morgan fingerprint density at radius 2 is 1.12 bits per heavy atom. The van der Waals surface area contributed by atoms with Crippen molar-refractivity contribution in [2.45, 2.75) is 54.4 Å². The quantitative estimate of drug-likeness (QED) is 0.641. The molecule has 0 aliphatic heterocycles. The summed E-state index contributed by atoms with van der Waals surface area (Å²) in [6.07, 6.45) is 6.00. The number of pyridine rings is 2. The molecular formula is C21H29N3. The molecule has 0 fully saturated rings. The molecule has 0 bridgehead atoms. The first-order valence-corrected chi connectivity index (χ1v) is 8.75. The molecule has 24 heavy (non-hydrogen) atoms. The van der Waals surface area contributed by atoms with Crippen molar-refractivity contribution >= 4 is 21.8 Å². The van der Waals surface area contributed by atoms with Gasteiger partial charge in [0.1, 0.15) is 0 Å². The van der Waals surface area contributed by atoms with Gasteiger partial charge < -0.3 is 4.57 Å². The van der Waals surface area contributed by atoms with Crippen molar-refractivity contribution < 1.29 is 0 Å². The van der Waals surface area contributed by atoms with Gasteiger partial charge in [-0.05, 0) is 35.8 Å². The van der Waals surface area contributed by atoms with Crippen LogP contribution in [0.4, 0.5) is 0 Å². The summed E-state index contributed by atoms with van der Waals surface area (Å²) in [5.41, 5.74) is 5.16. The van der Waals surface area contributed by atoms with E-state index in [4.69, 9.17) is 0 Å². The Morgan fingerprint density at radius 1 is 0.750 bits per heavy atom. The highest BCUT2D eigenvalue weighted by Gasteiger charge is 2.17. The molecule has 3 nitrogen and oxygen atoms in total. The molecule has 3 aromatic rings. The van der Waals surface area contributed by atoms with E-state index in [1.165, 1.54) is 21.8 Å². The van der Waals surface area contributed by atoms with E-state index in [1.54, 1.807) is 0 Å². The molecule has 0 amide bonds. The molecule has 128 valence electrons. The summed E-state index contributed by atoms with van der Waals surface area (Å²) in [7, 11) is 2.10. The zero-order chi connectivity index (χ0) is 17.7. The van der Waals surface area contributed by atoms with E-state index in [2.05, 4.69) is 75.3 Å². The van der Waals surface area contributed by atoms with Crippen LogP contribution in [0.25, 0.3) is 21.8 Å². The lowest BCUT2D eigenvalue weighted by Gasteiger charge is -2.17. The van der Waals surface area contributed by atoms with Crippen LogP contribution < -0.4 is 0 Å². The number of fused-ring (bicyclic) bond motifs is 3. The molecule has 0 unspecified atom stereocenters. The zero-order valence-corrected chi connectivity index (χ0v) is 16.1. The molecule has 0 aromatic carbocycles. The van der Waals surface area contributed by atoms with Crippen LogP contribution in [-0.4, -0.2) is 14.5 Å². The number of hydrogen-bond donors (Lipinski definition) is 0. The smallest absolute Gasteiger partial charge is 0.0675 e. The Kier molecular flexibility index (Phi) is 3.94. The largest absolute Gasteiger partial charge is 0.341 e. The fourth-order valence-corrected chi connectivity index (χ4v) is 3.36. The standard InChI is InChI=1S/C21H29N3/c1-20(2,3)10-14-8-16-17-9-15(11-21(4,5)6)23-13-19(17)24(7)18(16)12-22-14/h8-9,12-13H,10-11H2,1-7H3. The third kappa shape index (κ3) is 3.45. The summed E-state index contributed by atoms with van der Waals surface area (Å²) in [5, 5.41) is 2.58. The second kappa shape index (κ2) is 5.58. The number of aromatic nitrogens is 3. The highest BCUT2D eigenvalue weighted by atomic mass is 15.0. The summed E-state index contributed by atoms with van der Waals surface area (Å²) in [6, 6.07) is 4.54. The highest BCUT2D eigenvalue weighted by molar-refractivity contribution is 6.07. The van der Waals surface area contributed by atoms with Crippen LogP contribution in [-0.2, 0) is 19.9 Å². The van der Waals surface area contributed by atoms with Gasteiger partial charge in [-0.2, -0.15) is 0 Å². The predicted molar refractivity (Wildman–Crippen MR) is 102 cm³/mol. The fourth-order valence-electron chi connectivity index (χ4n) is 3.36. The monoisotopic (exact) mass is 323 g/mol. The van der Waals surface area contributed by atoms with E-state index >= 15 is 0 Å². The minimum atomic E-state index is 0.240. The van der Waals surface area contributed by atoms with E-state index in [0.717, 1.165) is 24.2 Å². The van der Waals surface area contributed by atoms with Crippen LogP contribution in [0.5, 0.6) is 0 Å². The SMILES string of the molecule is Cn1c2cnc(CC(C)(C)C)cc2c2cc(CC(C)(C)C)ncc21. The molecule has 0 saturated carbocycles. The van der Waals surface area contributed by atoms with Gasteiger partial charge in [0.2, 0.25) is 0 Å². The van der Waals surface area contributed by atoms with E-state index in [0.29, 0.717) is 0 Å². The first kappa shape index (κ1) is 16.9. The van der Waals surface area contributed by atoms with Gasteiger partial charge in [-0.1, -0.05) is 41.5 Å². The molecule has 3 rings (SSSR count).